The zero-order chi connectivity index (χ0) is 22.9. The van der Waals surface area contributed by atoms with Gasteiger partial charge >= 0.3 is 0 Å². The van der Waals surface area contributed by atoms with Crippen LogP contribution in [0, 0.1) is 5.82 Å². The molecule has 6 nitrogen and oxygen atoms in total. The van der Waals surface area contributed by atoms with Gasteiger partial charge in [0.15, 0.2) is 0 Å². The van der Waals surface area contributed by atoms with Crippen molar-refractivity contribution in [2.75, 3.05) is 19.7 Å². The molecule has 2 aromatic carbocycles. The third kappa shape index (κ3) is 4.00. The summed E-state index contributed by atoms with van der Waals surface area (Å²) in [7, 11) is 0. The molecule has 3 heterocycles. The van der Waals surface area contributed by atoms with E-state index in [1.807, 2.05) is 30.3 Å². The molecule has 2 fully saturated rings. The quantitative estimate of drug-likeness (QED) is 0.655. The average Bonchev–Trinajstić information content (AvgIpc) is 2.82. The monoisotopic (exact) mass is 445 g/mol. The van der Waals surface area contributed by atoms with E-state index in [4.69, 9.17) is 0 Å². The van der Waals surface area contributed by atoms with Crippen LogP contribution in [-0.4, -0.2) is 63.5 Å². The molecule has 168 valence electrons. The number of halogens is 1. The highest BCUT2D eigenvalue weighted by Gasteiger charge is 2.54. The van der Waals surface area contributed by atoms with Gasteiger partial charge < -0.3 is 14.9 Å². The number of hydrogen-bond donors (Lipinski definition) is 1. The molecule has 0 saturated carbocycles. The van der Waals surface area contributed by atoms with Crippen molar-refractivity contribution >= 4 is 11.8 Å². The number of hydrogen-bond acceptors (Lipinski definition) is 4. The van der Waals surface area contributed by atoms with Crippen LogP contribution in [0.1, 0.15) is 17.2 Å². The Kier molecular flexibility index (Phi) is 5.64. The minimum absolute atomic E-state index is 0.0227. The molecule has 2 saturated heterocycles. The molecule has 0 aliphatic carbocycles. The molecule has 0 radical (unpaired) electrons. The van der Waals surface area contributed by atoms with Gasteiger partial charge in [0.2, 0.25) is 11.8 Å². The smallest absolute Gasteiger partial charge is 0.242 e. The van der Waals surface area contributed by atoms with Crippen molar-refractivity contribution in [1.82, 2.24) is 14.8 Å². The highest BCUT2D eigenvalue weighted by molar-refractivity contribution is 5.88. The van der Waals surface area contributed by atoms with E-state index in [0.717, 1.165) is 16.7 Å². The fraction of sp³-hybridized carbons (Fsp3) is 0.269. The number of aliphatic hydroxyl groups is 1. The van der Waals surface area contributed by atoms with Gasteiger partial charge in [0.1, 0.15) is 5.82 Å². The molecule has 2 amide bonds. The summed E-state index contributed by atoms with van der Waals surface area (Å²) in [6.07, 6.45) is 1.80. The maximum absolute atomic E-state index is 13.2. The number of nitrogens with zero attached hydrogens (tertiary/aromatic N) is 3. The maximum Gasteiger partial charge on any atom is 0.242 e. The zero-order valence-electron chi connectivity index (χ0n) is 18.0. The Morgan fingerprint density at radius 3 is 2.36 bits per heavy atom. The van der Waals surface area contributed by atoms with Crippen molar-refractivity contribution in [2.24, 2.45) is 0 Å². The molecule has 1 aromatic heterocycles. The second-order valence-corrected chi connectivity index (χ2v) is 8.55. The first kappa shape index (κ1) is 21.3. The Bertz CT molecular complexity index is 1150. The Labute approximate surface area is 191 Å². The minimum atomic E-state index is -0.299. The standard InChI is InChI=1S/C26H24FN3O3/c27-20-10-8-18(9-11-20)17-4-6-19(7-5-17)26-22-14-29(15-25(33)30(22)23(26)16-31)24(32)13-21-3-1-2-12-28-21/h1-12,22-23,26,31H,13-16H2/t22-,23-,26+/m0/s1. The van der Waals surface area contributed by atoms with Gasteiger partial charge in [-0.1, -0.05) is 42.5 Å². The van der Waals surface area contributed by atoms with Crippen molar-refractivity contribution in [3.63, 3.8) is 0 Å². The van der Waals surface area contributed by atoms with E-state index >= 15 is 0 Å². The number of pyridine rings is 1. The first-order valence-electron chi connectivity index (χ1n) is 11.0. The fourth-order valence-electron chi connectivity index (χ4n) is 5.00. The number of rotatable bonds is 5. The van der Waals surface area contributed by atoms with E-state index in [9.17, 15) is 19.1 Å². The van der Waals surface area contributed by atoms with Crippen LogP contribution in [0.4, 0.5) is 4.39 Å². The molecule has 0 unspecified atom stereocenters. The van der Waals surface area contributed by atoms with Crippen LogP contribution in [-0.2, 0) is 16.0 Å². The van der Waals surface area contributed by atoms with Crippen LogP contribution in [0.15, 0.2) is 72.9 Å². The lowest BCUT2D eigenvalue weighted by atomic mass is 9.73. The van der Waals surface area contributed by atoms with Gasteiger partial charge in [0.05, 0.1) is 31.7 Å². The molecule has 0 bridgehead atoms. The summed E-state index contributed by atoms with van der Waals surface area (Å²) >= 11 is 0. The Balaban J connectivity index is 1.34. The van der Waals surface area contributed by atoms with E-state index < -0.39 is 0 Å². The van der Waals surface area contributed by atoms with Crippen molar-refractivity contribution < 1.29 is 19.1 Å². The summed E-state index contributed by atoms with van der Waals surface area (Å²) in [6, 6.07) is 19.2. The summed E-state index contributed by atoms with van der Waals surface area (Å²) in [5.41, 5.74) is 3.55. The Morgan fingerprint density at radius 2 is 1.73 bits per heavy atom. The summed E-state index contributed by atoms with van der Waals surface area (Å²) < 4.78 is 13.2. The molecule has 5 rings (SSSR count). The van der Waals surface area contributed by atoms with E-state index in [-0.39, 0.29) is 55.2 Å². The molecule has 7 heteroatoms. The summed E-state index contributed by atoms with van der Waals surface area (Å²) in [5, 5.41) is 9.98. The summed E-state index contributed by atoms with van der Waals surface area (Å²) in [6.45, 7) is 0.321. The van der Waals surface area contributed by atoms with Gasteiger partial charge in [-0.2, -0.15) is 0 Å². The van der Waals surface area contributed by atoms with E-state index in [1.165, 1.54) is 12.1 Å². The van der Waals surface area contributed by atoms with E-state index in [2.05, 4.69) is 4.98 Å². The average molecular weight is 445 g/mol. The first-order chi connectivity index (χ1) is 16.0. The van der Waals surface area contributed by atoms with Crippen LogP contribution < -0.4 is 0 Å². The molecular formula is C26H24FN3O3. The second-order valence-electron chi connectivity index (χ2n) is 8.55. The van der Waals surface area contributed by atoms with Crippen molar-refractivity contribution in [3.05, 3.63) is 90.0 Å². The lowest BCUT2D eigenvalue weighted by Crippen LogP contribution is -2.73. The van der Waals surface area contributed by atoms with E-state index in [0.29, 0.717) is 12.2 Å². The van der Waals surface area contributed by atoms with Crippen molar-refractivity contribution in [3.8, 4) is 11.1 Å². The molecule has 3 aromatic rings. The van der Waals surface area contributed by atoms with Gasteiger partial charge in [0.25, 0.3) is 0 Å². The first-order valence-corrected chi connectivity index (χ1v) is 11.0. The largest absolute Gasteiger partial charge is 0.394 e. The molecule has 2 aliphatic rings. The number of amides is 2. The summed E-state index contributed by atoms with van der Waals surface area (Å²) in [4.78, 5) is 33.2. The highest BCUT2D eigenvalue weighted by Crippen LogP contribution is 2.43. The molecule has 3 atom stereocenters. The summed E-state index contributed by atoms with van der Waals surface area (Å²) in [5.74, 6) is -0.607. The number of benzene rings is 2. The molecular weight excluding hydrogens is 421 g/mol. The highest BCUT2D eigenvalue weighted by atomic mass is 19.1. The fourth-order valence-corrected chi connectivity index (χ4v) is 5.00. The van der Waals surface area contributed by atoms with Crippen LogP contribution in [0.5, 0.6) is 0 Å². The van der Waals surface area contributed by atoms with Gasteiger partial charge in [-0.25, -0.2) is 4.39 Å². The molecule has 1 N–H and O–H groups in total. The van der Waals surface area contributed by atoms with Crippen LogP contribution in [0.25, 0.3) is 11.1 Å². The third-order valence-corrected chi connectivity index (χ3v) is 6.64. The molecule has 33 heavy (non-hydrogen) atoms. The normalized spacial score (nSPS) is 22.0. The maximum atomic E-state index is 13.2. The number of piperazine rings is 1. The van der Waals surface area contributed by atoms with E-state index in [1.54, 1.807) is 40.3 Å². The van der Waals surface area contributed by atoms with Gasteiger partial charge in [-0.15, -0.1) is 0 Å². The SMILES string of the molecule is O=C(Cc1ccccn1)N1CC(=O)N2[C@@H](CO)[C@H](c3ccc(-c4ccc(F)cc4)cc3)[C@@H]2C1. The predicted octanol–water partition coefficient (Wildman–Crippen LogP) is 2.63. The molecule has 2 aliphatic heterocycles. The Morgan fingerprint density at radius 1 is 1.03 bits per heavy atom. The number of aliphatic hydroxyl groups excluding tert-OH is 1. The van der Waals surface area contributed by atoms with Gasteiger partial charge in [-0.3, -0.25) is 14.6 Å². The van der Waals surface area contributed by atoms with Crippen molar-refractivity contribution in [2.45, 2.75) is 24.4 Å². The molecule has 0 spiro atoms. The van der Waals surface area contributed by atoms with Crippen LogP contribution >= 0.6 is 0 Å². The zero-order valence-corrected chi connectivity index (χ0v) is 18.0. The van der Waals surface area contributed by atoms with Gasteiger partial charge in [0, 0.05) is 24.4 Å². The topological polar surface area (TPSA) is 73.7 Å². The lowest BCUT2D eigenvalue weighted by molar-refractivity contribution is -0.166. The second kappa shape index (κ2) is 8.75. The minimum Gasteiger partial charge on any atom is -0.394 e. The predicted molar refractivity (Wildman–Crippen MR) is 121 cm³/mol. The van der Waals surface area contributed by atoms with Crippen LogP contribution in [0.2, 0.25) is 0 Å². The van der Waals surface area contributed by atoms with Crippen LogP contribution in [0.3, 0.4) is 0 Å². The number of carbonyl (C=O) groups excluding carboxylic acids is 2. The lowest BCUT2D eigenvalue weighted by Gasteiger charge is -2.58. The van der Waals surface area contributed by atoms with Gasteiger partial charge in [-0.05, 0) is 41.0 Å². The third-order valence-electron chi connectivity index (χ3n) is 6.64. The number of carbonyl (C=O) groups is 2. The number of fused-ring (bicyclic) bond motifs is 1. The Hall–Kier alpha value is -3.58. The number of aromatic nitrogens is 1. The van der Waals surface area contributed by atoms with Crippen molar-refractivity contribution in [1.29, 1.82) is 0 Å².